The Hall–Kier alpha value is -14.5. The van der Waals surface area contributed by atoms with Crippen LogP contribution in [0.25, 0.3) is 55.2 Å². The monoisotopic (exact) mass is 1940 g/mol. The summed E-state index contributed by atoms with van der Waals surface area (Å²) in [6.07, 6.45) is 20.9. The molecule has 5 atom stereocenters. The number of benzene rings is 6. The van der Waals surface area contributed by atoms with Crippen molar-refractivity contribution in [3.8, 4) is 0 Å². The van der Waals surface area contributed by atoms with Gasteiger partial charge in [0.2, 0.25) is 17.7 Å². The quantitative estimate of drug-likeness (QED) is 0.0349. The normalized spacial score (nSPS) is 15.4. The summed E-state index contributed by atoms with van der Waals surface area (Å²) in [6, 6.07) is 60.0. The highest BCUT2D eigenvalue weighted by atomic mass is 32.1. The third-order valence-electron chi connectivity index (χ3n) is 25.2. The van der Waals surface area contributed by atoms with E-state index in [2.05, 4.69) is 80.9 Å². The number of piperidine rings is 3. The number of H-pyrrole nitrogens is 5. The minimum absolute atomic E-state index is 0.00412. The molecule has 11 aromatic heterocycles. The first-order chi connectivity index (χ1) is 66.7. The standard InChI is InChI=1S/C23H22N6O2S.C20H17N5OS.2C19H21N5O2S.C18H21N5OS/c30-21(28-12-9-23(31,10-13-28)18-8-4-5-11-24-18)19(16-6-2-1-3-7-16)29-15-25-20-17(22(29)32)14-26-27-20;1-24(15-10-6-3-7-11-15)19(26)17(14-8-4-2-5-9-14)25-13-21-18-16(20(25)27)12-22-23-18;2*1-19(26)7-9-23(10-8-19)17(25)15(13-5-3-2-4-6-13)24-12-20-16-14(18(24)27)11-21-22-16;1-4-22(12(2)3)17(24)15(13-8-6-5-7-9-13)23-11-19-16-14(18(23)25)10-20-21-16/h1-8,11,14-15,19,31H,9-10,12-13H2,(H,26,27);2-13,17H,1H3,(H,22,23);2*2-6,11-12,15,26H,7-10H2,1H3,(H,21,22);5-12,15H,4H2,1-3H3,(H,20,21). The van der Waals surface area contributed by atoms with Crippen LogP contribution < -0.4 is 4.90 Å². The Morgan fingerprint density at radius 1 is 0.355 bits per heavy atom. The molecule has 20 rings (SSSR count). The molecule has 8 N–H and O–H groups in total. The van der Waals surface area contributed by atoms with Crippen LogP contribution in [0.5, 0.6) is 0 Å². The average Bonchev–Trinajstić information content (AvgIpc) is 1.38. The molecule has 0 aliphatic carbocycles. The topological polar surface area (TPSA) is 408 Å². The molecule has 0 saturated carbocycles. The van der Waals surface area contributed by atoms with Gasteiger partial charge in [-0.15, -0.1) is 0 Å². The summed E-state index contributed by atoms with van der Waals surface area (Å²) in [7, 11) is 1.76. The molecule has 17 aromatic rings. The number of hydrogen-bond donors (Lipinski definition) is 8. The van der Waals surface area contributed by atoms with Gasteiger partial charge in [0.05, 0.1) is 106 Å². The number of aromatic amines is 5. The van der Waals surface area contributed by atoms with Crippen LogP contribution in [0.4, 0.5) is 5.69 Å². The Morgan fingerprint density at radius 3 is 0.877 bits per heavy atom. The SMILES string of the molecule is CC1(O)CCN(C(=O)C(c2ccccc2)n2cnc3[nH]ncc3c2=S)CC1.CC1(O)CCN(C(=O)C(c2ccccc2)n2cnc3[nH]ncc3c2=S)CC1.CCN(C(=O)C(c1ccccc1)n1cnc2[nH]ncc2c1=S)C(C)C.CN(C(=O)C(c1ccccc1)n1cnc2[nH]ncc2c1=S)c1ccccc1.O=C(C(c1ccccc1)n1cnc2[nH]ncc2c1=S)N1CCC(O)(c2ccccn2)CC1. The summed E-state index contributed by atoms with van der Waals surface area (Å²) < 4.78 is 11.3. The zero-order valence-electron chi connectivity index (χ0n) is 76.4. The van der Waals surface area contributed by atoms with Crippen LogP contribution in [-0.2, 0) is 29.6 Å². The number of nitrogens with one attached hydrogen (secondary N) is 5. The Bertz CT molecular complexity index is 7270. The molecular weight excluding hydrogens is 1840 g/mol. The molecule has 706 valence electrons. The first-order valence-corrected chi connectivity index (χ1v) is 47.1. The Labute approximate surface area is 818 Å². The highest BCUT2D eigenvalue weighted by molar-refractivity contribution is 7.72. The summed E-state index contributed by atoms with van der Waals surface area (Å²) in [5.74, 6) is -0.271. The molecule has 34 nitrogen and oxygen atoms in total. The van der Waals surface area contributed by atoms with Crippen LogP contribution in [0, 0.1) is 23.2 Å². The molecule has 3 aliphatic heterocycles. The van der Waals surface area contributed by atoms with E-state index in [0.717, 1.165) is 38.9 Å². The number of pyridine rings is 1. The van der Waals surface area contributed by atoms with Gasteiger partial charge in [0.15, 0.2) is 28.2 Å². The summed E-state index contributed by atoms with van der Waals surface area (Å²) in [6.45, 7) is 13.2. The molecular formula is C99H102N26O8S5. The average molecular weight is 1940 g/mol. The lowest BCUT2D eigenvalue weighted by Gasteiger charge is -2.39. The number of amides is 5. The first-order valence-electron chi connectivity index (χ1n) is 45.0. The zero-order chi connectivity index (χ0) is 96.9. The number of carbonyl (C=O) groups excluding carboxylic acids is 5. The maximum absolute atomic E-state index is 13.8. The number of likely N-dealkylation sites (N-methyl/N-ethyl adjacent to an activating group) is 2. The number of hydrogen-bond acceptors (Lipinski definition) is 24. The largest absolute Gasteiger partial charge is 0.390 e. The van der Waals surface area contributed by atoms with E-state index in [-0.39, 0.29) is 35.6 Å². The number of carbonyl (C=O) groups is 5. The Kier molecular flexibility index (Phi) is 30.0. The van der Waals surface area contributed by atoms with Crippen molar-refractivity contribution in [3.63, 3.8) is 0 Å². The van der Waals surface area contributed by atoms with Crippen LogP contribution in [0.2, 0.25) is 0 Å². The molecule has 3 fully saturated rings. The van der Waals surface area contributed by atoms with Crippen molar-refractivity contribution in [3.05, 3.63) is 326 Å². The van der Waals surface area contributed by atoms with Crippen molar-refractivity contribution in [2.75, 3.05) is 57.8 Å². The van der Waals surface area contributed by atoms with Gasteiger partial charge in [-0.1, -0.05) is 237 Å². The number of aliphatic hydroxyl groups is 3. The third-order valence-corrected chi connectivity index (χ3v) is 27.3. The van der Waals surface area contributed by atoms with Crippen molar-refractivity contribution >= 4 is 151 Å². The molecule has 6 aromatic carbocycles. The Balaban J connectivity index is 0.000000125. The second-order valence-electron chi connectivity index (χ2n) is 34.7. The maximum Gasteiger partial charge on any atom is 0.254 e. The molecule has 14 heterocycles. The van der Waals surface area contributed by atoms with E-state index in [9.17, 15) is 39.3 Å². The van der Waals surface area contributed by atoms with Crippen LogP contribution >= 0.6 is 61.1 Å². The van der Waals surface area contributed by atoms with E-state index in [1.165, 1.54) is 0 Å². The molecule has 0 spiro atoms. The van der Waals surface area contributed by atoms with Gasteiger partial charge < -0.3 is 62.7 Å². The number of nitrogens with zero attached hydrogens (tertiary/aromatic N) is 21. The van der Waals surface area contributed by atoms with Crippen molar-refractivity contribution in [2.45, 2.75) is 126 Å². The lowest BCUT2D eigenvalue weighted by molar-refractivity contribution is -0.139. The van der Waals surface area contributed by atoms with Gasteiger partial charge in [-0.2, -0.15) is 25.5 Å². The van der Waals surface area contributed by atoms with Crippen molar-refractivity contribution in [2.24, 2.45) is 0 Å². The first kappa shape index (κ1) is 96.7. The Morgan fingerprint density at radius 2 is 0.609 bits per heavy atom. The van der Waals surface area contributed by atoms with Crippen LogP contribution in [0.15, 0.2) is 269 Å². The number of rotatable bonds is 19. The highest BCUT2D eigenvalue weighted by Crippen LogP contribution is 2.37. The molecule has 3 saturated heterocycles. The number of likely N-dealkylation sites (tertiary alicyclic amines) is 3. The second-order valence-corrected chi connectivity index (χ2v) is 36.6. The maximum atomic E-state index is 13.8. The molecule has 0 radical (unpaired) electrons. The zero-order valence-corrected chi connectivity index (χ0v) is 80.5. The van der Waals surface area contributed by atoms with Gasteiger partial charge in [-0.3, -0.25) is 54.5 Å². The molecule has 39 heteroatoms. The van der Waals surface area contributed by atoms with Crippen molar-refractivity contribution in [1.82, 2.24) is 123 Å². The van der Waals surface area contributed by atoms with E-state index in [0.29, 0.717) is 163 Å². The van der Waals surface area contributed by atoms with Crippen molar-refractivity contribution in [1.29, 1.82) is 0 Å². The third kappa shape index (κ3) is 21.2. The van der Waals surface area contributed by atoms with Gasteiger partial charge in [0, 0.05) is 70.8 Å². The van der Waals surface area contributed by atoms with Crippen LogP contribution in [0.1, 0.15) is 137 Å². The fourth-order valence-corrected chi connectivity index (χ4v) is 18.8. The van der Waals surface area contributed by atoms with E-state index >= 15 is 0 Å². The number of anilines is 1. The van der Waals surface area contributed by atoms with Crippen LogP contribution in [0.3, 0.4) is 0 Å². The number of fused-ring (bicyclic) bond motifs is 5. The lowest BCUT2D eigenvalue weighted by atomic mass is 9.87. The predicted octanol–water partition coefficient (Wildman–Crippen LogP) is 15.0. The van der Waals surface area contributed by atoms with Gasteiger partial charge in [-0.25, -0.2) is 24.9 Å². The van der Waals surface area contributed by atoms with Gasteiger partial charge in [0.25, 0.3) is 11.8 Å². The van der Waals surface area contributed by atoms with E-state index in [1.54, 1.807) is 118 Å². The lowest BCUT2D eigenvalue weighted by Crippen LogP contribution is -2.48. The van der Waals surface area contributed by atoms with Gasteiger partial charge >= 0.3 is 0 Å². The smallest absolute Gasteiger partial charge is 0.254 e. The van der Waals surface area contributed by atoms with E-state index < -0.39 is 47.0 Å². The molecule has 138 heavy (non-hydrogen) atoms. The molecule has 5 amide bonds. The minimum atomic E-state index is -1.03. The summed E-state index contributed by atoms with van der Waals surface area (Å²) >= 11 is 28.2. The second kappa shape index (κ2) is 42.9. The van der Waals surface area contributed by atoms with Gasteiger partial charge in [-0.05, 0) is 125 Å². The predicted molar refractivity (Wildman–Crippen MR) is 536 cm³/mol. The summed E-state index contributed by atoms with van der Waals surface area (Å²) in [5.41, 5.74) is 6.24. The molecule has 3 aliphatic rings. The van der Waals surface area contributed by atoms with E-state index in [1.807, 2.05) is 240 Å². The molecule has 0 bridgehead atoms. The highest BCUT2D eigenvalue weighted by Gasteiger charge is 2.41. The number of para-hydroxylation sites is 1. The van der Waals surface area contributed by atoms with Gasteiger partial charge in [0.1, 0.15) is 59.0 Å². The van der Waals surface area contributed by atoms with Crippen molar-refractivity contribution < 1.29 is 39.3 Å². The summed E-state index contributed by atoms with van der Waals surface area (Å²) in [4.78, 5) is 103. The van der Waals surface area contributed by atoms with Crippen LogP contribution in [-0.4, -0.2) is 238 Å². The minimum Gasteiger partial charge on any atom is -0.390 e. The number of aromatic nitrogens is 21. The summed E-state index contributed by atoms with van der Waals surface area (Å²) in [5, 5.41) is 69.1. The molecule has 5 unspecified atom stereocenters. The van der Waals surface area contributed by atoms with E-state index in [4.69, 9.17) is 61.1 Å². The fraction of sp³-hybridized carbons (Fsp3) is 0.283. The fourth-order valence-electron chi connectivity index (χ4n) is 17.3.